The number of carbonyl (C=O) groups excluding carboxylic acids is 1. The van der Waals surface area contributed by atoms with E-state index in [1.54, 1.807) is 13.8 Å². The molecule has 0 heterocycles. The maximum absolute atomic E-state index is 10.2. The van der Waals surface area contributed by atoms with Gasteiger partial charge in [0.15, 0.2) is 5.06 Å². The number of ether oxygens (including phenoxy) is 1. The van der Waals surface area contributed by atoms with Gasteiger partial charge in [-0.1, -0.05) is 11.6 Å². The van der Waals surface area contributed by atoms with Crippen molar-refractivity contribution in [2.45, 2.75) is 25.8 Å². The summed E-state index contributed by atoms with van der Waals surface area (Å²) in [5.41, 5.74) is 0. The summed E-state index contributed by atoms with van der Waals surface area (Å²) in [6.07, 6.45) is 0. The molecule has 0 aromatic rings. The molecular weight excluding hydrogens is 128 g/mol. The van der Waals surface area contributed by atoms with E-state index in [4.69, 9.17) is 11.6 Å². The molecule has 0 unspecified atom stereocenters. The Morgan fingerprint density at radius 1 is 1.62 bits per heavy atom. The van der Waals surface area contributed by atoms with Gasteiger partial charge < -0.3 is 4.74 Å². The van der Waals surface area contributed by atoms with Crippen molar-refractivity contribution >= 4 is 17.6 Å². The molecule has 3 heteroatoms. The lowest BCUT2D eigenvalue weighted by Gasteiger charge is -2.14. The van der Waals surface area contributed by atoms with Crippen molar-refractivity contribution in [1.82, 2.24) is 0 Å². The number of rotatable bonds is 1. The predicted molar refractivity (Wildman–Crippen MR) is 31.7 cm³/mol. The monoisotopic (exact) mass is 136 g/mol. The minimum Gasteiger partial charge on any atom is -0.444 e. The van der Waals surface area contributed by atoms with Gasteiger partial charge in [-0.3, -0.25) is 4.79 Å². The molecule has 0 amide bonds. The summed E-state index contributed by atoms with van der Waals surface area (Å²) in [5.74, 6) is -0.356. The van der Waals surface area contributed by atoms with Crippen LogP contribution in [0.4, 0.5) is 0 Å². The third-order valence-corrected chi connectivity index (χ3v) is 0.464. The predicted octanol–water partition coefficient (Wildman–Crippen LogP) is 1.52. The van der Waals surface area contributed by atoms with Crippen molar-refractivity contribution < 1.29 is 9.53 Å². The van der Waals surface area contributed by atoms with Crippen LogP contribution >= 0.6 is 11.6 Å². The van der Waals surface area contributed by atoms with Crippen LogP contribution in [0.15, 0.2) is 0 Å². The zero-order valence-corrected chi connectivity index (χ0v) is 5.95. The second-order valence-corrected chi connectivity index (χ2v) is 2.87. The maximum Gasteiger partial charge on any atom is 0.304 e. The zero-order chi connectivity index (χ0) is 6.78. The van der Waals surface area contributed by atoms with Gasteiger partial charge in [0.05, 0.1) is 0 Å². The van der Waals surface area contributed by atoms with Crippen LogP contribution in [-0.2, 0) is 9.53 Å². The quantitative estimate of drug-likeness (QED) is 0.404. The Labute approximate surface area is 53.8 Å². The first-order valence-corrected chi connectivity index (χ1v) is 2.68. The van der Waals surface area contributed by atoms with Gasteiger partial charge in [0, 0.05) is 6.92 Å². The fraction of sp³-hybridized carbons (Fsp3) is 0.800. The Morgan fingerprint density at radius 2 is 2.00 bits per heavy atom. The van der Waals surface area contributed by atoms with Gasteiger partial charge >= 0.3 is 5.97 Å². The fourth-order valence-electron chi connectivity index (χ4n) is 0.342. The van der Waals surface area contributed by atoms with E-state index in [9.17, 15) is 4.79 Å². The Balaban J connectivity index is 3.55. The molecule has 0 saturated heterocycles. The van der Waals surface area contributed by atoms with Gasteiger partial charge in [-0.15, -0.1) is 0 Å². The lowest BCUT2D eigenvalue weighted by atomic mass is 10.5. The number of hydrogen-bond acceptors (Lipinski definition) is 2. The van der Waals surface area contributed by atoms with Crippen LogP contribution in [0.25, 0.3) is 0 Å². The fourth-order valence-corrected chi connectivity index (χ4v) is 0.450. The first kappa shape index (κ1) is 7.76. The lowest BCUT2D eigenvalue weighted by Crippen LogP contribution is -2.18. The number of carbonyl (C=O) groups is 1. The molecule has 0 aliphatic rings. The van der Waals surface area contributed by atoms with E-state index in [0.717, 1.165) is 0 Å². The molecule has 0 saturated carbocycles. The van der Waals surface area contributed by atoms with Crippen molar-refractivity contribution in [3.05, 3.63) is 0 Å². The molecule has 2 nitrogen and oxygen atoms in total. The van der Waals surface area contributed by atoms with E-state index in [-0.39, 0.29) is 5.97 Å². The van der Waals surface area contributed by atoms with Crippen LogP contribution in [0.3, 0.4) is 0 Å². The van der Waals surface area contributed by atoms with Crippen molar-refractivity contribution in [3.8, 4) is 0 Å². The van der Waals surface area contributed by atoms with Gasteiger partial charge in [0.1, 0.15) is 0 Å². The van der Waals surface area contributed by atoms with Crippen molar-refractivity contribution in [3.63, 3.8) is 0 Å². The topological polar surface area (TPSA) is 26.3 Å². The molecule has 48 valence electrons. The zero-order valence-electron chi connectivity index (χ0n) is 5.19. The molecule has 0 bridgehead atoms. The molecule has 0 spiro atoms. The third kappa shape index (κ3) is 5.76. The summed E-state index contributed by atoms with van der Waals surface area (Å²) >= 11 is 5.49. The molecule has 8 heavy (non-hydrogen) atoms. The molecule has 0 rings (SSSR count). The number of halogens is 1. The first-order chi connectivity index (χ1) is 3.42. The average molecular weight is 137 g/mol. The first-order valence-electron chi connectivity index (χ1n) is 2.30. The van der Waals surface area contributed by atoms with E-state index in [0.29, 0.717) is 0 Å². The van der Waals surface area contributed by atoms with E-state index in [1.165, 1.54) is 6.92 Å². The van der Waals surface area contributed by atoms with E-state index < -0.39 is 5.06 Å². The van der Waals surface area contributed by atoms with Crippen LogP contribution in [-0.4, -0.2) is 11.0 Å². The summed E-state index contributed by atoms with van der Waals surface area (Å²) in [6, 6.07) is 0. The largest absolute Gasteiger partial charge is 0.444 e. The normalized spacial score (nSPS) is 11.0. The smallest absolute Gasteiger partial charge is 0.304 e. The van der Waals surface area contributed by atoms with Crippen molar-refractivity contribution in [2.24, 2.45) is 0 Å². The van der Waals surface area contributed by atoms with Crippen LogP contribution < -0.4 is 0 Å². The van der Waals surface area contributed by atoms with Crippen LogP contribution in [0, 0.1) is 0 Å². The molecular formula is C5H9ClO2. The SMILES string of the molecule is CC(=O)OC(C)(C)Cl. The van der Waals surface area contributed by atoms with E-state index >= 15 is 0 Å². The van der Waals surface area contributed by atoms with Gasteiger partial charge in [0.25, 0.3) is 0 Å². The second kappa shape index (κ2) is 2.35. The summed E-state index contributed by atoms with van der Waals surface area (Å²) in [7, 11) is 0. The molecule has 0 N–H and O–H groups in total. The van der Waals surface area contributed by atoms with E-state index in [1.807, 2.05) is 0 Å². The van der Waals surface area contributed by atoms with Crippen LogP contribution in [0.1, 0.15) is 20.8 Å². The number of hydrogen-bond donors (Lipinski definition) is 0. The Bertz CT molecular complexity index is 93.1. The van der Waals surface area contributed by atoms with Crippen LogP contribution in [0.5, 0.6) is 0 Å². The summed E-state index contributed by atoms with van der Waals surface area (Å²) in [5, 5.41) is -0.855. The van der Waals surface area contributed by atoms with Crippen LogP contribution in [0.2, 0.25) is 0 Å². The highest BCUT2D eigenvalue weighted by Gasteiger charge is 2.14. The van der Waals surface area contributed by atoms with Crippen molar-refractivity contribution in [1.29, 1.82) is 0 Å². The standard InChI is InChI=1S/C5H9ClO2/c1-4(7)8-5(2,3)6/h1-3H3. The molecule has 0 aliphatic carbocycles. The minimum atomic E-state index is -0.855. The molecule has 0 fully saturated rings. The summed E-state index contributed by atoms with van der Waals surface area (Å²) in [4.78, 5) is 10.2. The maximum atomic E-state index is 10.2. The Morgan fingerprint density at radius 3 is 2.00 bits per heavy atom. The van der Waals surface area contributed by atoms with Gasteiger partial charge in [-0.2, -0.15) is 0 Å². The van der Waals surface area contributed by atoms with Gasteiger partial charge in [-0.05, 0) is 13.8 Å². The lowest BCUT2D eigenvalue weighted by molar-refractivity contribution is -0.147. The van der Waals surface area contributed by atoms with Gasteiger partial charge in [0.2, 0.25) is 0 Å². The molecule has 0 radical (unpaired) electrons. The minimum absolute atomic E-state index is 0.356. The summed E-state index contributed by atoms with van der Waals surface area (Å²) < 4.78 is 4.56. The second-order valence-electron chi connectivity index (χ2n) is 1.96. The van der Waals surface area contributed by atoms with Gasteiger partial charge in [-0.25, -0.2) is 0 Å². The highest BCUT2D eigenvalue weighted by molar-refractivity contribution is 6.22. The van der Waals surface area contributed by atoms with Crippen molar-refractivity contribution in [2.75, 3.05) is 0 Å². The summed E-state index contributed by atoms with van der Waals surface area (Å²) in [6.45, 7) is 4.54. The van der Waals surface area contributed by atoms with E-state index in [2.05, 4.69) is 4.74 Å². The Kier molecular flexibility index (Phi) is 2.28. The third-order valence-electron chi connectivity index (χ3n) is 0.386. The highest BCUT2D eigenvalue weighted by Crippen LogP contribution is 2.13. The number of alkyl halides is 1. The molecule has 0 aromatic heterocycles. The molecule has 0 aliphatic heterocycles. The molecule has 0 atom stereocenters. The number of esters is 1. The average Bonchev–Trinajstić information content (AvgIpc) is 1.21. The Hall–Kier alpha value is -0.240. The molecule has 0 aromatic carbocycles. The highest BCUT2D eigenvalue weighted by atomic mass is 35.5.